The second-order valence-corrected chi connectivity index (χ2v) is 4.60. The number of rotatable bonds is 4. The second kappa shape index (κ2) is 7.31. The van der Waals surface area contributed by atoms with Crippen LogP contribution in [0.2, 0.25) is 0 Å². The van der Waals surface area contributed by atoms with Gasteiger partial charge in [-0.2, -0.15) is 0 Å². The fraction of sp³-hybridized carbons (Fsp3) is 0.125. The lowest BCUT2D eigenvalue weighted by molar-refractivity contribution is -0.121. The molecule has 114 valence electrons. The van der Waals surface area contributed by atoms with Gasteiger partial charge in [0.05, 0.1) is 0 Å². The lowest BCUT2D eigenvalue weighted by Gasteiger charge is -2.08. The summed E-state index contributed by atoms with van der Waals surface area (Å²) >= 11 is 0. The molecule has 0 radical (unpaired) electrons. The van der Waals surface area contributed by atoms with Crippen LogP contribution in [0.25, 0.3) is 0 Å². The molecule has 0 aliphatic heterocycles. The highest BCUT2D eigenvalue weighted by Crippen LogP contribution is 2.11. The van der Waals surface area contributed by atoms with Gasteiger partial charge in [0.15, 0.2) is 0 Å². The summed E-state index contributed by atoms with van der Waals surface area (Å²) in [4.78, 5) is 23.3. The van der Waals surface area contributed by atoms with Crippen LogP contribution in [0.15, 0.2) is 48.5 Å². The minimum absolute atomic E-state index is 0.0383. The Hall–Kier alpha value is -2.76. The molecule has 2 aromatic rings. The molecule has 0 saturated heterocycles. The summed E-state index contributed by atoms with van der Waals surface area (Å²) in [5.74, 6) is -2.07. The molecule has 0 aromatic heterocycles. The zero-order valence-electron chi connectivity index (χ0n) is 11.6. The van der Waals surface area contributed by atoms with Gasteiger partial charge in [-0.05, 0) is 42.3 Å². The standard InChI is InChI=1S/C16H14F2N2O2/c17-13-7-8-14(18)12(10-13)6-9-15(21)19-20-16(22)11-4-2-1-3-5-11/h1-5,7-8,10H,6,9H2,(H,19,21)(H,20,22). The summed E-state index contributed by atoms with van der Waals surface area (Å²) < 4.78 is 26.4. The maximum Gasteiger partial charge on any atom is 0.269 e. The molecule has 2 amide bonds. The summed E-state index contributed by atoms with van der Waals surface area (Å²) in [6.45, 7) is 0. The van der Waals surface area contributed by atoms with E-state index in [9.17, 15) is 18.4 Å². The van der Waals surface area contributed by atoms with Crippen molar-refractivity contribution in [3.05, 3.63) is 71.3 Å². The Morgan fingerprint density at radius 2 is 1.68 bits per heavy atom. The third-order valence-corrected chi connectivity index (χ3v) is 2.98. The third-order valence-electron chi connectivity index (χ3n) is 2.98. The van der Waals surface area contributed by atoms with Gasteiger partial charge in [-0.1, -0.05) is 18.2 Å². The number of hydrazine groups is 1. The summed E-state index contributed by atoms with van der Waals surface area (Å²) in [6, 6.07) is 11.4. The predicted molar refractivity (Wildman–Crippen MR) is 76.7 cm³/mol. The Bertz CT molecular complexity index is 675. The number of hydrogen-bond acceptors (Lipinski definition) is 2. The summed E-state index contributed by atoms with van der Waals surface area (Å²) in [7, 11) is 0. The van der Waals surface area contributed by atoms with E-state index in [2.05, 4.69) is 10.9 Å². The van der Waals surface area contributed by atoms with Crippen molar-refractivity contribution in [2.75, 3.05) is 0 Å². The first-order valence-corrected chi connectivity index (χ1v) is 6.64. The van der Waals surface area contributed by atoms with Crippen molar-refractivity contribution >= 4 is 11.8 Å². The number of nitrogens with one attached hydrogen (secondary N) is 2. The van der Waals surface area contributed by atoms with Gasteiger partial charge in [0.2, 0.25) is 5.91 Å². The first-order chi connectivity index (χ1) is 10.6. The largest absolute Gasteiger partial charge is 0.273 e. The number of halogens is 2. The van der Waals surface area contributed by atoms with Gasteiger partial charge >= 0.3 is 0 Å². The van der Waals surface area contributed by atoms with Crippen LogP contribution >= 0.6 is 0 Å². The molecule has 0 unspecified atom stereocenters. The van der Waals surface area contributed by atoms with Crippen molar-refractivity contribution in [1.29, 1.82) is 0 Å². The molecule has 2 aromatic carbocycles. The van der Waals surface area contributed by atoms with E-state index in [0.717, 1.165) is 18.2 Å². The highest BCUT2D eigenvalue weighted by Gasteiger charge is 2.09. The number of aryl methyl sites for hydroxylation is 1. The van der Waals surface area contributed by atoms with Crippen LogP contribution in [-0.2, 0) is 11.2 Å². The molecule has 22 heavy (non-hydrogen) atoms. The van der Waals surface area contributed by atoms with Crippen LogP contribution in [0.4, 0.5) is 8.78 Å². The first-order valence-electron chi connectivity index (χ1n) is 6.64. The Kier molecular flexibility index (Phi) is 5.19. The lowest BCUT2D eigenvalue weighted by Crippen LogP contribution is -2.41. The number of carbonyl (C=O) groups excluding carboxylic acids is 2. The summed E-state index contributed by atoms with van der Waals surface area (Å²) in [5.41, 5.74) is 5.00. The van der Waals surface area contributed by atoms with Crippen LogP contribution in [0.3, 0.4) is 0 Å². The van der Waals surface area contributed by atoms with Crippen LogP contribution < -0.4 is 10.9 Å². The first kappa shape index (κ1) is 15.6. The topological polar surface area (TPSA) is 58.2 Å². The zero-order chi connectivity index (χ0) is 15.9. The minimum Gasteiger partial charge on any atom is -0.273 e. The smallest absolute Gasteiger partial charge is 0.269 e. The second-order valence-electron chi connectivity index (χ2n) is 4.60. The molecular formula is C16H14F2N2O2. The van der Waals surface area contributed by atoms with E-state index in [4.69, 9.17) is 0 Å². The molecule has 0 fully saturated rings. The maximum absolute atomic E-state index is 13.4. The van der Waals surface area contributed by atoms with E-state index in [1.54, 1.807) is 30.3 Å². The van der Waals surface area contributed by atoms with Crippen molar-refractivity contribution in [3.63, 3.8) is 0 Å². The van der Waals surface area contributed by atoms with E-state index < -0.39 is 23.4 Å². The van der Waals surface area contributed by atoms with Gasteiger partial charge < -0.3 is 0 Å². The van der Waals surface area contributed by atoms with Gasteiger partial charge in [-0.3, -0.25) is 20.4 Å². The van der Waals surface area contributed by atoms with Gasteiger partial charge in [0.1, 0.15) is 11.6 Å². The van der Waals surface area contributed by atoms with Crippen molar-refractivity contribution < 1.29 is 18.4 Å². The molecule has 2 rings (SSSR count). The molecule has 0 spiro atoms. The highest BCUT2D eigenvalue weighted by atomic mass is 19.1. The SMILES string of the molecule is O=C(CCc1cc(F)ccc1F)NNC(=O)c1ccccc1. The fourth-order valence-electron chi connectivity index (χ4n) is 1.83. The van der Waals surface area contributed by atoms with Crippen LogP contribution in [0, 0.1) is 11.6 Å². The average molecular weight is 304 g/mol. The molecule has 4 nitrogen and oxygen atoms in total. The molecule has 6 heteroatoms. The fourth-order valence-corrected chi connectivity index (χ4v) is 1.83. The molecule has 2 N–H and O–H groups in total. The van der Waals surface area contributed by atoms with Crippen molar-refractivity contribution in [3.8, 4) is 0 Å². The minimum atomic E-state index is -0.567. The molecule has 0 atom stereocenters. The number of benzene rings is 2. The van der Waals surface area contributed by atoms with E-state index in [1.165, 1.54) is 0 Å². The highest BCUT2D eigenvalue weighted by molar-refractivity contribution is 5.95. The van der Waals surface area contributed by atoms with Crippen LogP contribution in [-0.4, -0.2) is 11.8 Å². The number of amides is 2. The van der Waals surface area contributed by atoms with Gasteiger partial charge in [0, 0.05) is 12.0 Å². The number of hydrogen-bond donors (Lipinski definition) is 2. The Morgan fingerprint density at radius 3 is 2.41 bits per heavy atom. The monoisotopic (exact) mass is 304 g/mol. The van der Waals surface area contributed by atoms with Crippen LogP contribution in [0.5, 0.6) is 0 Å². The van der Waals surface area contributed by atoms with E-state index in [1.807, 2.05) is 0 Å². The van der Waals surface area contributed by atoms with Gasteiger partial charge in [-0.25, -0.2) is 8.78 Å². The van der Waals surface area contributed by atoms with Crippen molar-refractivity contribution in [2.24, 2.45) is 0 Å². The molecule has 0 aliphatic carbocycles. The maximum atomic E-state index is 13.4. The Balaban J connectivity index is 1.81. The summed E-state index contributed by atoms with van der Waals surface area (Å²) in [6.07, 6.45) is -0.0356. The lowest BCUT2D eigenvalue weighted by atomic mass is 10.1. The van der Waals surface area contributed by atoms with E-state index in [-0.39, 0.29) is 18.4 Å². The van der Waals surface area contributed by atoms with E-state index >= 15 is 0 Å². The summed E-state index contributed by atoms with van der Waals surface area (Å²) in [5, 5.41) is 0. The molecule has 0 aliphatic rings. The molecule has 0 heterocycles. The van der Waals surface area contributed by atoms with Crippen molar-refractivity contribution in [1.82, 2.24) is 10.9 Å². The molecular weight excluding hydrogens is 290 g/mol. The average Bonchev–Trinajstić information content (AvgIpc) is 2.54. The van der Waals surface area contributed by atoms with Gasteiger partial charge in [0.25, 0.3) is 5.91 Å². The van der Waals surface area contributed by atoms with Crippen molar-refractivity contribution in [2.45, 2.75) is 12.8 Å². The normalized spacial score (nSPS) is 10.1. The number of carbonyl (C=O) groups is 2. The van der Waals surface area contributed by atoms with E-state index in [0.29, 0.717) is 5.56 Å². The zero-order valence-corrected chi connectivity index (χ0v) is 11.6. The van der Waals surface area contributed by atoms with Gasteiger partial charge in [-0.15, -0.1) is 0 Å². The quantitative estimate of drug-likeness (QED) is 0.852. The molecule has 0 bridgehead atoms. The Labute approximate surface area is 126 Å². The Morgan fingerprint density at radius 1 is 0.955 bits per heavy atom. The third kappa shape index (κ3) is 4.37. The molecule has 0 saturated carbocycles. The van der Waals surface area contributed by atoms with Crippen LogP contribution in [0.1, 0.15) is 22.3 Å². The predicted octanol–water partition coefficient (Wildman–Crippen LogP) is 2.36.